The van der Waals surface area contributed by atoms with Crippen LogP contribution in [0.1, 0.15) is 25.3 Å². The fourth-order valence-corrected chi connectivity index (χ4v) is 3.01. The second-order valence-electron chi connectivity index (χ2n) is 4.92. The molecule has 0 aliphatic rings. The van der Waals surface area contributed by atoms with Crippen molar-refractivity contribution in [2.24, 2.45) is 0 Å². The molecule has 0 atom stereocenters. The minimum Gasteiger partial charge on any atom is -0.495 e. The van der Waals surface area contributed by atoms with E-state index in [9.17, 15) is 8.42 Å². The summed E-state index contributed by atoms with van der Waals surface area (Å²) in [6, 6.07) is 13.5. The van der Waals surface area contributed by atoms with Crippen LogP contribution in [0.4, 0.5) is 0 Å². The molecule has 0 heterocycles. The average molecular weight is 306 g/mol. The van der Waals surface area contributed by atoms with E-state index in [2.05, 4.69) is 0 Å². The molecule has 0 saturated heterocycles. The number of para-hydroxylation sites is 1. The molecule has 5 heteroatoms. The van der Waals surface area contributed by atoms with Gasteiger partial charge in [-0.15, -0.1) is 0 Å². The van der Waals surface area contributed by atoms with Gasteiger partial charge in [0.25, 0.3) is 0 Å². The Morgan fingerprint density at radius 1 is 1.00 bits per heavy atom. The molecule has 0 radical (unpaired) electrons. The molecular formula is C16H18O4S. The predicted octanol–water partition coefficient (Wildman–Crippen LogP) is 3.59. The van der Waals surface area contributed by atoms with Crippen LogP contribution in [0, 0.1) is 0 Å². The zero-order valence-corrected chi connectivity index (χ0v) is 13.1. The Balaban J connectivity index is 2.35. The largest absolute Gasteiger partial charge is 0.495 e. The van der Waals surface area contributed by atoms with E-state index in [1.165, 1.54) is 13.2 Å². The molecule has 0 aliphatic carbocycles. The van der Waals surface area contributed by atoms with Gasteiger partial charge in [0.1, 0.15) is 16.4 Å². The van der Waals surface area contributed by atoms with E-state index in [1.54, 1.807) is 36.4 Å². The van der Waals surface area contributed by atoms with Crippen LogP contribution in [0.5, 0.6) is 11.5 Å². The van der Waals surface area contributed by atoms with Crippen LogP contribution in [0.3, 0.4) is 0 Å². The topological polar surface area (TPSA) is 52.6 Å². The van der Waals surface area contributed by atoms with Gasteiger partial charge in [-0.25, -0.2) is 0 Å². The molecule has 0 aromatic heterocycles. The summed E-state index contributed by atoms with van der Waals surface area (Å²) in [5.74, 6) is 0.854. The zero-order chi connectivity index (χ0) is 15.5. The third-order valence-electron chi connectivity index (χ3n) is 3.07. The standard InChI is InChI=1S/C16H18O4S/c1-12(2)13-7-6-8-14(11-13)20-21(17,18)16-10-5-4-9-15(16)19-3/h4-12H,1-3H3. The number of benzene rings is 2. The van der Waals surface area contributed by atoms with Gasteiger partial charge in [0.2, 0.25) is 0 Å². The first-order valence-corrected chi connectivity index (χ1v) is 8.02. The second-order valence-corrected chi connectivity index (χ2v) is 6.43. The van der Waals surface area contributed by atoms with Gasteiger partial charge in [-0.3, -0.25) is 0 Å². The van der Waals surface area contributed by atoms with Crippen LogP contribution in [0.25, 0.3) is 0 Å². The van der Waals surface area contributed by atoms with Crippen LogP contribution in [-0.4, -0.2) is 15.5 Å². The minimum absolute atomic E-state index is 0.0162. The Bertz CT molecular complexity index is 721. The van der Waals surface area contributed by atoms with Crippen LogP contribution < -0.4 is 8.92 Å². The highest BCUT2D eigenvalue weighted by Crippen LogP contribution is 2.27. The van der Waals surface area contributed by atoms with Crippen LogP contribution >= 0.6 is 0 Å². The third-order valence-corrected chi connectivity index (χ3v) is 4.36. The highest BCUT2D eigenvalue weighted by molar-refractivity contribution is 7.87. The quantitative estimate of drug-likeness (QED) is 0.792. The van der Waals surface area contributed by atoms with Gasteiger partial charge in [0, 0.05) is 0 Å². The molecular weight excluding hydrogens is 288 g/mol. The van der Waals surface area contributed by atoms with E-state index in [-0.39, 0.29) is 10.6 Å². The average Bonchev–Trinajstić information content (AvgIpc) is 2.47. The molecule has 0 fully saturated rings. The summed E-state index contributed by atoms with van der Waals surface area (Å²) in [4.78, 5) is 0.0162. The van der Waals surface area contributed by atoms with Gasteiger partial charge in [0.05, 0.1) is 7.11 Å². The fraction of sp³-hybridized carbons (Fsp3) is 0.250. The predicted molar refractivity (Wildman–Crippen MR) is 81.3 cm³/mol. The molecule has 2 aromatic carbocycles. The van der Waals surface area contributed by atoms with Crippen molar-refractivity contribution in [1.82, 2.24) is 0 Å². The van der Waals surface area contributed by atoms with E-state index in [0.717, 1.165) is 5.56 Å². The van der Waals surface area contributed by atoms with Gasteiger partial charge in [-0.2, -0.15) is 8.42 Å². The maximum Gasteiger partial charge on any atom is 0.342 e. The van der Waals surface area contributed by atoms with Gasteiger partial charge >= 0.3 is 10.1 Å². The molecule has 2 aromatic rings. The summed E-state index contributed by atoms with van der Waals surface area (Å²) in [7, 11) is -2.50. The number of ether oxygens (including phenoxy) is 1. The molecule has 2 rings (SSSR count). The number of hydrogen-bond donors (Lipinski definition) is 0. The first-order chi connectivity index (χ1) is 9.94. The summed E-state index contributed by atoms with van der Waals surface area (Å²) in [6.07, 6.45) is 0. The molecule has 0 aliphatic heterocycles. The molecule has 0 spiro atoms. The lowest BCUT2D eigenvalue weighted by molar-refractivity contribution is 0.398. The van der Waals surface area contributed by atoms with Crippen molar-refractivity contribution in [3.05, 3.63) is 54.1 Å². The number of methoxy groups -OCH3 is 1. The lowest BCUT2D eigenvalue weighted by Crippen LogP contribution is -2.11. The van der Waals surface area contributed by atoms with Crippen molar-refractivity contribution in [1.29, 1.82) is 0 Å². The Kier molecular flexibility index (Phi) is 4.53. The SMILES string of the molecule is COc1ccccc1S(=O)(=O)Oc1cccc(C(C)C)c1. The van der Waals surface area contributed by atoms with Crippen molar-refractivity contribution in [3.8, 4) is 11.5 Å². The Labute approximate surface area is 125 Å². The first kappa shape index (κ1) is 15.4. The molecule has 0 amide bonds. The van der Waals surface area contributed by atoms with E-state index < -0.39 is 10.1 Å². The van der Waals surface area contributed by atoms with E-state index >= 15 is 0 Å². The normalized spacial score (nSPS) is 11.4. The van der Waals surface area contributed by atoms with E-state index in [0.29, 0.717) is 11.7 Å². The fourth-order valence-electron chi connectivity index (χ4n) is 1.92. The van der Waals surface area contributed by atoms with Crippen molar-refractivity contribution in [2.45, 2.75) is 24.7 Å². The number of rotatable bonds is 5. The van der Waals surface area contributed by atoms with E-state index in [4.69, 9.17) is 8.92 Å². The minimum atomic E-state index is -3.92. The second kappa shape index (κ2) is 6.18. The van der Waals surface area contributed by atoms with Gasteiger partial charge in [-0.1, -0.05) is 38.1 Å². The summed E-state index contributed by atoms with van der Waals surface area (Å²) < 4.78 is 35.0. The maximum atomic E-state index is 12.4. The van der Waals surface area contributed by atoms with Crippen molar-refractivity contribution in [3.63, 3.8) is 0 Å². The Morgan fingerprint density at radius 3 is 2.38 bits per heavy atom. The highest BCUT2D eigenvalue weighted by atomic mass is 32.2. The molecule has 0 saturated carbocycles. The van der Waals surface area contributed by atoms with Gasteiger partial charge in [-0.05, 0) is 35.7 Å². The van der Waals surface area contributed by atoms with E-state index in [1.807, 2.05) is 19.9 Å². The third kappa shape index (κ3) is 3.55. The van der Waals surface area contributed by atoms with Gasteiger partial charge in [0.15, 0.2) is 0 Å². The van der Waals surface area contributed by atoms with Crippen molar-refractivity contribution < 1.29 is 17.3 Å². The smallest absolute Gasteiger partial charge is 0.342 e. The Hall–Kier alpha value is -2.01. The van der Waals surface area contributed by atoms with Crippen LogP contribution in [0.15, 0.2) is 53.4 Å². The molecule has 4 nitrogen and oxygen atoms in total. The Morgan fingerprint density at radius 2 is 1.71 bits per heavy atom. The molecule has 112 valence electrons. The molecule has 21 heavy (non-hydrogen) atoms. The summed E-state index contributed by atoms with van der Waals surface area (Å²) in [5, 5.41) is 0. The van der Waals surface area contributed by atoms with Crippen LogP contribution in [0.2, 0.25) is 0 Å². The summed E-state index contributed by atoms with van der Waals surface area (Å²) in [5.41, 5.74) is 1.02. The van der Waals surface area contributed by atoms with Crippen LogP contribution in [-0.2, 0) is 10.1 Å². The zero-order valence-electron chi connectivity index (χ0n) is 12.2. The lowest BCUT2D eigenvalue weighted by Gasteiger charge is -2.12. The lowest BCUT2D eigenvalue weighted by atomic mass is 10.0. The molecule has 0 unspecified atom stereocenters. The summed E-state index contributed by atoms with van der Waals surface area (Å²) >= 11 is 0. The first-order valence-electron chi connectivity index (χ1n) is 6.61. The molecule has 0 N–H and O–H groups in total. The van der Waals surface area contributed by atoms with Gasteiger partial charge < -0.3 is 8.92 Å². The highest BCUT2D eigenvalue weighted by Gasteiger charge is 2.21. The van der Waals surface area contributed by atoms with Crippen molar-refractivity contribution in [2.75, 3.05) is 7.11 Å². The summed E-state index contributed by atoms with van der Waals surface area (Å²) in [6.45, 7) is 4.07. The monoisotopic (exact) mass is 306 g/mol. The number of hydrogen-bond acceptors (Lipinski definition) is 4. The molecule has 0 bridgehead atoms. The maximum absolute atomic E-state index is 12.4. The van der Waals surface area contributed by atoms with Crippen molar-refractivity contribution >= 4 is 10.1 Å².